The summed E-state index contributed by atoms with van der Waals surface area (Å²) in [5.41, 5.74) is 0.243. The van der Waals surface area contributed by atoms with Crippen molar-refractivity contribution >= 4 is 44.7 Å². The van der Waals surface area contributed by atoms with Gasteiger partial charge in [-0.3, -0.25) is 14.4 Å². The molecule has 3 aliphatic rings. The minimum Gasteiger partial charge on any atom is -0.466 e. The molecule has 2 bridgehead atoms. The van der Waals surface area contributed by atoms with Crippen LogP contribution in [0.15, 0.2) is 24.3 Å². The molecule has 0 radical (unpaired) electrons. The van der Waals surface area contributed by atoms with Crippen LogP contribution < -0.4 is 5.32 Å². The number of halogens is 1. The van der Waals surface area contributed by atoms with Crippen LogP contribution in [0, 0.1) is 11.8 Å². The Morgan fingerprint density at radius 1 is 1.41 bits per heavy atom. The number of aliphatic hydroxyl groups excluding tert-OH is 1. The molecule has 2 amide bonds. The van der Waals surface area contributed by atoms with Gasteiger partial charge in [0.25, 0.3) is 0 Å². The highest BCUT2D eigenvalue weighted by atomic mass is 79.9. The average molecular weight is 536 g/mol. The molecule has 34 heavy (non-hydrogen) atoms. The first-order valence-corrected chi connectivity index (χ1v) is 12.2. The number of hydrogen-bond acceptors (Lipinski definition) is 8. The van der Waals surface area contributed by atoms with E-state index in [0.29, 0.717) is 11.9 Å². The van der Waals surface area contributed by atoms with Gasteiger partial charge in [0.15, 0.2) is 0 Å². The first kappa shape index (κ1) is 23.2. The molecule has 0 aliphatic carbocycles. The van der Waals surface area contributed by atoms with Gasteiger partial charge < -0.3 is 24.8 Å². The number of carbonyl (C=O) groups is 3. The number of aliphatic hydroxyl groups is 1. The van der Waals surface area contributed by atoms with Gasteiger partial charge in [-0.1, -0.05) is 33.3 Å². The Morgan fingerprint density at radius 3 is 2.91 bits per heavy atom. The number of benzene rings is 1. The molecule has 3 saturated heterocycles. The third kappa shape index (κ3) is 3.26. The summed E-state index contributed by atoms with van der Waals surface area (Å²) >= 11 is 3.59. The van der Waals surface area contributed by atoms with Crippen molar-refractivity contribution in [1.82, 2.24) is 25.2 Å². The van der Waals surface area contributed by atoms with E-state index in [2.05, 4.69) is 31.6 Å². The zero-order valence-corrected chi connectivity index (χ0v) is 20.3. The summed E-state index contributed by atoms with van der Waals surface area (Å²) in [5, 5.41) is 20.9. The Labute approximate surface area is 203 Å². The van der Waals surface area contributed by atoms with Crippen LogP contribution in [0.2, 0.25) is 0 Å². The van der Waals surface area contributed by atoms with E-state index < -0.39 is 47.5 Å². The molecule has 11 nitrogen and oxygen atoms in total. The van der Waals surface area contributed by atoms with Crippen LogP contribution in [0.5, 0.6) is 0 Å². The molecule has 7 atom stereocenters. The summed E-state index contributed by atoms with van der Waals surface area (Å²) in [4.78, 5) is 41.2. The van der Waals surface area contributed by atoms with Gasteiger partial charge in [0.2, 0.25) is 11.8 Å². The minimum atomic E-state index is -1.20. The topological polar surface area (TPSA) is 136 Å². The van der Waals surface area contributed by atoms with Gasteiger partial charge in [-0.15, -0.1) is 5.10 Å². The summed E-state index contributed by atoms with van der Waals surface area (Å²) in [6, 6.07) is 5.70. The second-order valence-electron chi connectivity index (χ2n) is 8.97. The fourth-order valence-corrected chi connectivity index (χ4v) is 6.66. The number of para-hydroxylation sites is 1. The van der Waals surface area contributed by atoms with E-state index in [-0.39, 0.29) is 30.6 Å². The molecule has 3 aliphatic heterocycles. The van der Waals surface area contributed by atoms with E-state index in [1.54, 1.807) is 18.5 Å². The molecular formula is C22H26BrN5O6. The Hall–Kier alpha value is -2.57. The summed E-state index contributed by atoms with van der Waals surface area (Å²) in [6.45, 7) is 3.24. The normalized spacial score (nSPS) is 32.8. The number of nitrogens with zero attached hydrogens (tertiary/aromatic N) is 4. The van der Waals surface area contributed by atoms with Crippen molar-refractivity contribution in [3.63, 3.8) is 0 Å². The fraction of sp³-hybridized carbons (Fsp3) is 0.591. The SMILES string of the molecule is CCOC(=O)[C@@H]1[C@H]2O[C@@]3(CC2Br)[C@H](C(=O)NCn2nnc4ccccc42)N([C@H](C)CO)C(=O)[C@@H]13. The predicted molar refractivity (Wildman–Crippen MR) is 121 cm³/mol. The van der Waals surface area contributed by atoms with Gasteiger partial charge >= 0.3 is 5.97 Å². The van der Waals surface area contributed by atoms with Gasteiger partial charge in [-0.05, 0) is 32.4 Å². The highest BCUT2D eigenvalue weighted by Crippen LogP contribution is 2.60. The third-order valence-corrected chi connectivity index (χ3v) is 7.94. The molecule has 2 aromatic rings. The van der Waals surface area contributed by atoms with E-state index in [9.17, 15) is 19.5 Å². The number of amides is 2. The molecule has 12 heteroatoms. The lowest BCUT2D eigenvalue weighted by Gasteiger charge is -2.35. The van der Waals surface area contributed by atoms with Crippen molar-refractivity contribution in [2.75, 3.05) is 13.2 Å². The Bertz CT molecular complexity index is 1140. The lowest BCUT2D eigenvalue weighted by molar-refractivity contribution is -0.155. The van der Waals surface area contributed by atoms with Crippen molar-refractivity contribution < 1.29 is 29.0 Å². The van der Waals surface area contributed by atoms with Gasteiger partial charge in [0, 0.05) is 4.83 Å². The molecule has 4 heterocycles. The quantitative estimate of drug-likeness (QED) is 0.379. The number of ether oxygens (including phenoxy) is 2. The van der Waals surface area contributed by atoms with Crippen LogP contribution in [0.4, 0.5) is 0 Å². The lowest BCUT2D eigenvalue weighted by Crippen LogP contribution is -2.57. The van der Waals surface area contributed by atoms with Crippen molar-refractivity contribution in [2.24, 2.45) is 11.8 Å². The molecule has 182 valence electrons. The summed E-state index contributed by atoms with van der Waals surface area (Å²) in [5.74, 6) is -3.02. The Balaban J connectivity index is 1.47. The molecule has 5 rings (SSSR count). The minimum absolute atomic E-state index is 0.0363. The molecule has 2 N–H and O–H groups in total. The fourth-order valence-electron chi connectivity index (χ4n) is 5.72. The zero-order valence-electron chi connectivity index (χ0n) is 18.8. The molecule has 1 unspecified atom stereocenters. The van der Waals surface area contributed by atoms with E-state index in [4.69, 9.17) is 9.47 Å². The van der Waals surface area contributed by atoms with Crippen molar-refractivity contribution in [1.29, 1.82) is 0 Å². The monoisotopic (exact) mass is 535 g/mol. The van der Waals surface area contributed by atoms with Gasteiger partial charge in [-0.2, -0.15) is 0 Å². The number of carbonyl (C=O) groups excluding carboxylic acids is 3. The maximum absolute atomic E-state index is 13.6. The molecule has 1 spiro atoms. The highest BCUT2D eigenvalue weighted by Gasteiger charge is 2.77. The van der Waals surface area contributed by atoms with Crippen molar-refractivity contribution in [3.8, 4) is 0 Å². The number of hydrogen-bond donors (Lipinski definition) is 2. The summed E-state index contributed by atoms with van der Waals surface area (Å²) < 4.78 is 13.1. The Kier molecular flexibility index (Phi) is 5.85. The first-order chi connectivity index (χ1) is 16.3. The van der Waals surface area contributed by atoms with Crippen LogP contribution in [-0.2, 0) is 30.5 Å². The van der Waals surface area contributed by atoms with E-state index >= 15 is 0 Å². The molecule has 0 saturated carbocycles. The van der Waals surface area contributed by atoms with Crippen LogP contribution >= 0.6 is 15.9 Å². The first-order valence-electron chi connectivity index (χ1n) is 11.3. The smallest absolute Gasteiger partial charge is 0.312 e. The van der Waals surface area contributed by atoms with E-state index in [0.717, 1.165) is 5.52 Å². The number of fused-ring (bicyclic) bond motifs is 2. The molecule has 1 aromatic carbocycles. The lowest BCUT2D eigenvalue weighted by atomic mass is 9.70. The molecular weight excluding hydrogens is 510 g/mol. The second kappa shape index (κ2) is 8.58. The van der Waals surface area contributed by atoms with Gasteiger partial charge in [0.1, 0.15) is 23.8 Å². The van der Waals surface area contributed by atoms with Gasteiger partial charge in [-0.25, -0.2) is 4.68 Å². The summed E-state index contributed by atoms with van der Waals surface area (Å²) in [7, 11) is 0. The maximum Gasteiger partial charge on any atom is 0.312 e. The van der Waals surface area contributed by atoms with Crippen LogP contribution in [0.25, 0.3) is 11.0 Å². The predicted octanol–water partition coefficient (Wildman–Crippen LogP) is 0.197. The maximum atomic E-state index is 13.6. The third-order valence-electron chi connectivity index (χ3n) is 7.10. The number of aromatic nitrogens is 3. The zero-order chi connectivity index (χ0) is 24.2. The standard InChI is InChI=1S/C22H26BrN5O6/c1-3-33-21(32)15-16-20(31)28(11(2)9-29)18(22(16)8-12(23)17(15)34-22)19(30)24-10-27-14-7-5-4-6-13(14)25-26-27/h4-7,11-12,15-18,29H,3,8-10H2,1-2H3,(H,24,30)/t11-,12?,15+,16-,17+,18+,22-/m1/s1. The summed E-state index contributed by atoms with van der Waals surface area (Å²) in [6.07, 6.45) is -0.197. The molecule has 1 aromatic heterocycles. The highest BCUT2D eigenvalue weighted by molar-refractivity contribution is 9.09. The number of esters is 1. The number of alkyl halides is 1. The Morgan fingerprint density at radius 2 is 2.18 bits per heavy atom. The van der Waals surface area contributed by atoms with Crippen molar-refractivity contribution in [3.05, 3.63) is 24.3 Å². The van der Waals surface area contributed by atoms with Crippen LogP contribution in [-0.4, -0.2) is 84.6 Å². The molecule has 3 fully saturated rings. The average Bonchev–Trinajstić information content (AvgIpc) is 3.54. The van der Waals surface area contributed by atoms with E-state index in [1.165, 1.54) is 4.90 Å². The van der Waals surface area contributed by atoms with Crippen LogP contribution in [0.3, 0.4) is 0 Å². The van der Waals surface area contributed by atoms with Gasteiger partial charge in [0.05, 0.1) is 42.7 Å². The van der Waals surface area contributed by atoms with Crippen molar-refractivity contribution in [2.45, 2.75) is 55.6 Å². The number of likely N-dealkylation sites (tertiary alicyclic amines) is 1. The van der Waals surface area contributed by atoms with E-state index in [1.807, 2.05) is 24.3 Å². The second-order valence-corrected chi connectivity index (χ2v) is 10.1. The van der Waals surface area contributed by atoms with Crippen LogP contribution in [0.1, 0.15) is 20.3 Å². The number of rotatable bonds is 7. The number of nitrogens with one attached hydrogen (secondary N) is 1. The largest absolute Gasteiger partial charge is 0.466 e.